The van der Waals surface area contributed by atoms with Crippen molar-refractivity contribution in [2.24, 2.45) is 0 Å². The molecule has 0 bridgehead atoms. The second-order valence-corrected chi connectivity index (χ2v) is 6.41. The molecule has 2 aromatic rings. The summed E-state index contributed by atoms with van der Waals surface area (Å²) in [6, 6.07) is 17.8. The lowest BCUT2D eigenvalue weighted by Gasteiger charge is -2.28. The highest BCUT2D eigenvalue weighted by Gasteiger charge is 2.33. The van der Waals surface area contributed by atoms with E-state index in [0.29, 0.717) is 0 Å². The fourth-order valence-corrected chi connectivity index (χ4v) is 3.28. The predicted octanol–water partition coefficient (Wildman–Crippen LogP) is 2.82. The molecule has 0 spiro atoms. The van der Waals surface area contributed by atoms with E-state index in [0.717, 1.165) is 17.7 Å². The van der Waals surface area contributed by atoms with E-state index in [9.17, 15) is 4.79 Å². The minimum Gasteiger partial charge on any atom is -0.496 e. The molecule has 1 heterocycles. The average molecular weight is 339 g/mol. The zero-order valence-corrected chi connectivity index (χ0v) is 14.9. The van der Waals surface area contributed by atoms with Gasteiger partial charge in [-0.25, -0.2) is 10.9 Å². The number of nitrogens with one attached hydrogen (secondary N) is 2. The van der Waals surface area contributed by atoms with E-state index in [4.69, 9.17) is 4.74 Å². The number of hydrogen-bond acceptors (Lipinski definition) is 4. The first kappa shape index (κ1) is 17.5. The third kappa shape index (κ3) is 3.67. The number of likely N-dealkylation sites (N-methyl/N-ethyl adjacent to an activating group) is 1. The molecule has 3 rings (SSSR count). The number of rotatable bonds is 5. The van der Waals surface area contributed by atoms with Crippen LogP contribution >= 0.6 is 0 Å². The Labute approximate surface area is 149 Å². The number of methoxy groups -OCH3 is 1. The predicted molar refractivity (Wildman–Crippen MR) is 98.0 cm³/mol. The van der Waals surface area contributed by atoms with Gasteiger partial charge in [-0.1, -0.05) is 48.5 Å². The molecular formula is C20H25N3O2. The van der Waals surface area contributed by atoms with Gasteiger partial charge in [-0.15, -0.1) is 0 Å². The lowest BCUT2D eigenvalue weighted by atomic mass is 10.0. The van der Waals surface area contributed by atoms with Crippen molar-refractivity contribution in [3.05, 3.63) is 65.7 Å². The van der Waals surface area contributed by atoms with Crippen LogP contribution in [-0.4, -0.2) is 31.0 Å². The molecule has 1 aliphatic rings. The van der Waals surface area contributed by atoms with E-state index < -0.39 is 0 Å². The minimum absolute atomic E-state index is 0.0683. The van der Waals surface area contributed by atoms with Gasteiger partial charge in [0.15, 0.2) is 0 Å². The third-order valence-corrected chi connectivity index (χ3v) is 4.92. The molecule has 3 unspecified atom stereocenters. The van der Waals surface area contributed by atoms with E-state index in [-0.39, 0.29) is 24.0 Å². The minimum atomic E-state index is -0.243. The topological polar surface area (TPSA) is 53.6 Å². The number of hydrazine groups is 1. The second kappa shape index (κ2) is 7.68. The van der Waals surface area contributed by atoms with E-state index in [1.165, 1.54) is 5.56 Å². The molecule has 0 aliphatic carbocycles. The first-order valence-electron chi connectivity index (χ1n) is 8.57. The summed E-state index contributed by atoms with van der Waals surface area (Å²) < 4.78 is 5.43. The van der Waals surface area contributed by atoms with Crippen molar-refractivity contribution < 1.29 is 9.53 Å². The highest BCUT2D eigenvalue weighted by atomic mass is 16.5. The summed E-state index contributed by atoms with van der Waals surface area (Å²) in [7, 11) is 3.50. The van der Waals surface area contributed by atoms with Crippen molar-refractivity contribution in [2.75, 3.05) is 14.2 Å². The highest BCUT2D eigenvalue weighted by molar-refractivity contribution is 5.82. The number of hydrogen-bond donors (Lipinski definition) is 2. The van der Waals surface area contributed by atoms with Crippen LogP contribution in [0.15, 0.2) is 54.6 Å². The summed E-state index contributed by atoms with van der Waals surface area (Å²) in [4.78, 5) is 14.7. The smallest absolute Gasteiger partial charge is 0.241 e. The fourth-order valence-electron chi connectivity index (χ4n) is 3.28. The van der Waals surface area contributed by atoms with E-state index in [1.54, 1.807) is 12.0 Å². The first-order valence-corrected chi connectivity index (χ1v) is 8.57. The lowest BCUT2D eigenvalue weighted by molar-refractivity contribution is -0.133. The van der Waals surface area contributed by atoms with Gasteiger partial charge in [-0.2, -0.15) is 0 Å². The van der Waals surface area contributed by atoms with Crippen molar-refractivity contribution in [1.82, 2.24) is 15.8 Å². The molecule has 1 aliphatic heterocycles. The summed E-state index contributed by atoms with van der Waals surface area (Å²) in [6.07, 6.45) is 0.728. The van der Waals surface area contributed by atoms with Crippen molar-refractivity contribution in [2.45, 2.75) is 31.5 Å². The lowest BCUT2D eigenvalue weighted by Crippen LogP contribution is -2.44. The van der Waals surface area contributed by atoms with Crippen molar-refractivity contribution in [3.63, 3.8) is 0 Å². The fraction of sp³-hybridized carbons (Fsp3) is 0.350. The van der Waals surface area contributed by atoms with Gasteiger partial charge >= 0.3 is 0 Å². The van der Waals surface area contributed by atoms with Crippen LogP contribution in [0.5, 0.6) is 5.75 Å². The van der Waals surface area contributed by atoms with Gasteiger partial charge in [-0.3, -0.25) is 4.79 Å². The van der Waals surface area contributed by atoms with Crippen LogP contribution in [0.3, 0.4) is 0 Å². The van der Waals surface area contributed by atoms with Gasteiger partial charge in [0.2, 0.25) is 5.91 Å². The summed E-state index contributed by atoms with van der Waals surface area (Å²) in [5.74, 6) is 0.874. The SMILES string of the molecule is COc1ccccc1C(C)N(C)C(=O)C1CC(c2ccccc2)NN1. The molecule has 0 aromatic heterocycles. The summed E-state index contributed by atoms with van der Waals surface area (Å²) in [5.41, 5.74) is 8.58. The molecule has 0 radical (unpaired) electrons. The molecule has 0 saturated carbocycles. The molecule has 132 valence electrons. The first-order chi connectivity index (χ1) is 12.1. The Morgan fingerprint density at radius 1 is 1.12 bits per heavy atom. The van der Waals surface area contributed by atoms with Gasteiger partial charge in [0, 0.05) is 18.7 Å². The van der Waals surface area contributed by atoms with Crippen LogP contribution in [0.25, 0.3) is 0 Å². The average Bonchev–Trinajstić information content (AvgIpc) is 3.17. The Morgan fingerprint density at radius 3 is 2.52 bits per heavy atom. The Morgan fingerprint density at radius 2 is 1.80 bits per heavy atom. The number of para-hydroxylation sites is 1. The Balaban J connectivity index is 1.68. The zero-order valence-electron chi connectivity index (χ0n) is 14.9. The number of ether oxygens (including phenoxy) is 1. The number of carbonyl (C=O) groups excluding carboxylic acids is 1. The maximum Gasteiger partial charge on any atom is 0.241 e. The number of nitrogens with zero attached hydrogens (tertiary/aromatic N) is 1. The van der Waals surface area contributed by atoms with E-state index >= 15 is 0 Å². The van der Waals surface area contributed by atoms with Crippen LogP contribution in [0.4, 0.5) is 0 Å². The molecule has 1 amide bonds. The molecular weight excluding hydrogens is 314 g/mol. The van der Waals surface area contributed by atoms with Gasteiger partial charge in [0.25, 0.3) is 0 Å². The number of amides is 1. The Bertz CT molecular complexity index is 720. The molecule has 5 nitrogen and oxygen atoms in total. The maximum atomic E-state index is 12.9. The van der Waals surface area contributed by atoms with Gasteiger partial charge < -0.3 is 9.64 Å². The van der Waals surface area contributed by atoms with Crippen molar-refractivity contribution in [1.29, 1.82) is 0 Å². The molecule has 25 heavy (non-hydrogen) atoms. The maximum absolute atomic E-state index is 12.9. The molecule has 1 fully saturated rings. The van der Waals surface area contributed by atoms with Crippen molar-refractivity contribution in [3.8, 4) is 5.75 Å². The third-order valence-electron chi connectivity index (χ3n) is 4.92. The van der Waals surface area contributed by atoms with Crippen LogP contribution < -0.4 is 15.6 Å². The van der Waals surface area contributed by atoms with Crippen LogP contribution in [0, 0.1) is 0 Å². The second-order valence-electron chi connectivity index (χ2n) is 6.41. The van der Waals surface area contributed by atoms with Gasteiger partial charge in [0.05, 0.1) is 13.2 Å². The van der Waals surface area contributed by atoms with Crippen LogP contribution in [0.2, 0.25) is 0 Å². The van der Waals surface area contributed by atoms with Crippen molar-refractivity contribution >= 4 is 5.91 Å². The highest BCUT2D eigenvalue weighted by Crippen LogP contribution is 2.30. The summed E-state index contributed by atoms with van der Waals surface area (Å²) in [5, 5.41) is 0. The monoisotopic (exact) mass is 339 g/mol. The molecule has 2 N–H and O–H groups in total. The quantitative estimate of drug-likeness (QED) is 0.879. The zero-order chi connectivity index (χ0) is 17.8. The molecule has 1 saturated heterocycles. The Hall–Kier alpha value is -2.37. The summed E-state index contributed by atoms with van der Waals surface area (Å²) >= 11 is 0. The van der Waals surface area contributed by atoms with Crippen LogP contribution in [-0.2, 0) is 4.79 Å². The summed E-state index contributed by atoms with van der Waals surface area (Å²) in [6.45, 7) is 2.02. The molecule has 3 atom stereocenters. The van der Waals surface area contributed by atoms with Gasteiger partial charge in [-0.05, 0) is 25.0 Å². The number of carbonyl (C=O) groups is 1. The standard InChI is InChI=1S/C20H25N3O2/c1-14(16-11-7-8-12-19(16)25-3)23(2)20(24)18-13-17(21-22-18)15-9-5-4-6-10-15/h4-12,14,17-18,21-22H,13H2,1-3H3. The molecule has 2 aromatic carbocycles. The molecule has 5 heteroatoms. The largest absolute Gasteiger partial charge is 0.496 e. The van der Waals surface area contributed by atoms with Crippen LogP contribution in [0.1, 0.15) is 36.6 Å². The van der Waals surface area contributed by atoms with E-state index in [2.05, 4.69) is 23.0 Å². The normalized spacial score (nSPS) is 20.9. The Kier molecular flexibility index (Phi) is 5.36. The van der Waals surface area contributed by atoms with E-state index in [1.807, 2.05) is 56.4 Å². The number of benzene rings is 2. The van der Waals surface area contributed by atoms with Gasteiger partial charge in [0.1, 0.15) is 11.8 Å².